The van der Waals surface area contributed by atoms with Crippen molar-refractivity contribution < 1.29 is 23.1 Å². The molecule has 2 aromatic carbocycles. The predicted molar refractivity (Wildman–Crippen MR) is 88.7 cm³/mol. The first kappa shape index (κ1) is 17.5. The van der Waals surface area contributed by atoms with Crippen molar-refractivity contribution in [2.75, 3.05) is 18.8 Å². The summed E-state index contributed by atoms with van der Waals surface area (Å²) in [6, 6.07) is 11.1. The van der Waals surface area contributed by atoms with Gasteiger partial charge in [0.1, 0.15) is 0 Å². The predicted octanol–water partition coefficient (Wildman–Crippen LogP) is 1.89. The molecule has 0 radical (unpaired) electrons. The van der Waals surface area contributed by atoms with Gasteiger partial charge in [-0.2, -0.15) is 0 Å². The number of hydrogen-bond donors (Lipinski definition) is 2. The summed E-state index contributed by atoms with van der Waals surface area (Å²) in [4.78, 5) is 24.1. The van der Waals surface area contributed by atoms with Gasteiger partial charge in [-0.25, -0.2) is 13.2 Å². The fourth-order valence-electron chi connectivity index (χ4n) is 1.98. The van der Waals surface area contributed by atoms with Crippen LogP contribution < -0.4 is 4.72 Å². The molecule has 0 atom stereocenters. The monoisotopic (exact) mass is 348 g/mol. The van der Waals surface area contributed by atoms with Crippen molar-refractivity contribution in [1.29, 1.82) is 0 Å². The fraction of sp³-hybridized carbons (Fsp3) is 0.125. The molecule has 126 valence electrons. The first-order valence-corrected chi connectivity index (χ1v) is 8.37. The van der Waals surface area contributed by atoms with Crippen LogP contribution in [0.25, 0.3) is 0 Å². The van der Waals surface area contributed by atoms with Gasteiger partial charge in [-0.3, -0.25) is 9.52 Å². The summed E-state index contributed by atoms with van der Waals surface area (Å²) < 4.78 is 27.1. The van der Waals surface area contributed by atoms with E-state index in [1.54, 1.807) is 26.2 Å². The average Bonchev–Trinajstić information content (AvgIpc) is 2.54. The van der Waals surface area contributed by atoms with E-state index in [-0.39, 0.29) is 22.1 Å². The Morgan fingerprint density at radius 1 is 1.00 bits per heavy atom. The number of sulfonamides is 1. The van der Waals surface area contributed by atoms with Gasteiger partial charge in [0.2, 0.25) is 0 Å². The molecule has 0 saturated heterocycles. The van der Waals surface area contributed by atoms with Crippen LogP contribution in [0.4, 0.5) is 5.69 Å². The van der Waals surface area contributed by atoms with E-state index in [1.165, 1.54) is 35.2 Å². The van der Waals surface area contributed by atoms with Crippen LogP contribution in [0.15, 0.2) is 53.4 Å². The molecule has 2 aromatic rings. The first-order valence-electron chi connectivity index (χ1n) is 6.88. The minimum absolute atomic E-state index is 0.130. The number of anilines is 1. The number of nitrogens with zero attached hydrogens (tertiary/aromatic N) is 1. The highest BCUT2D eigenvalue weighted by atomic mass is 32.2. The molecule has 0 spiro atoms. The summed E-state index contributed by atoms with van der Waals surface area (Å²) >= 11 is 0. The summed E-state index contributed by atoms with van der Waals surface area (Å²) in [6.45, 7) is 0. The lowest BCUT2D eigenvalue weighted by atomic mass is 10.2. The zero-order valence-electron chi connectivity index (χ0n) is 13.1. The maximum atomic E-state index is 12.4. The first-order chi connectivity index (χ1) is 11.2. The minimum Gasteiger partial charge on any atom is -0.478 e. The van der Waals surface area contributed by atoms with Crippen LogP contribution >= 0.6 is 0 Å². The van der Waals surface area contributed by atoms with Gasteiger partial charge in [0.05, 0.1) is 10.5 Å². The van der Waals surface area contributed by atoms with Gasteiger partial charge >= 0.3 is 5.97 Å². The quantitative estimate of drug-likeness (QED) is 0.859. The Morgan fingerprint density at radius 3 is 2.25 bits per heavy atom. The lowest BCUT2D eigenvalue weighted by molar-refractivity contribution is 0.0696. The molecular formula is C16H16N2O5S. The molecule has 0 aliphatic carbocycles. The number of carbonyl (C=O) groups excluding carboxylic acids is 1. The number of carboxylic acid groups (broad SMARTS) is 1. The molecule has 1 amide bonds. The number of nitrogens with one attached hydrogen (secondary N) is 1. The van der Waals surface area contributed by atoms with Gasteiger partial charge < -0.3 is 10.0 Å². The highest BCUT2D eigenvalue weighted by molar-refractivity contribution is 7.92. The second-order valence-corrected chi connectivity index (χ2v) is 6.90. The summed E-state index contributed by atoms with van der Waals surface area (Å²) in [5.74, 6) is -1.48. The third-order valence-electron chi connectivity index (χ3n) is 3.16. The molecule has 0 aromatic heterocycles. The Bertz CT molecular complexity index is 891. The third-order valence-corrected chi connectivity index (χ3v) is 4.54. The summed E-state index contributed by atoms with van der Waals surface area (Å²) in [5, 5.41) is 8.96. The van der Waals surface area contributed by atoms with Crippen LogP contribution in [0, 0.1) is 0 Å². The number of carbonyl (C=O) groups is 2. The van der Waals surface area contributed by atoms with Crippen LogP contribution in [0.1, 0.15) is 20.7 Å². The van der Waals surface area contributed by atoms with E-state index in [0.717, 1.165) is 6.07 Å². The van der Waals surface area contributed by atoms with E-state index in [4.69, 9.17) is 5.11 Å². The molecule has 7 nitrogen and oxygen atoms in total. The largest absolute Gasteiger partial charge is 0.478 e. The Hall–Kier alpha value is -2.87. The highest BCUT2D eigenvalue weighted by Gasteiger charge is 2.17. The number of amides is 1. The number of aromatic carboxylic acids is 1. The van der Waals surface area contributed by atoms with E-state index in [1.807, 2.05) is 0 Å². The van der Waals surface area contributed by atoms with E-state index in [2.05, 4.69) is 4.72 Å². The topological polar surface area (TPSA) is 104 Å². The molecule has 24 heavy (non-hydrogen) atoms. The molecule has 2 N–H and O–H groups in total. The second kappa shape index (κ2) is 6.71. The molecule has 0 heterocycles. The van der Waals surface area contributed by atoms with E-state index < -0.39 is 16.0 Å². The van der Waals surface area contributed by atoms with Crippen molar-refractivity contribution in [2.24, 2.45) is 0 Å². The van der Waals surface area contributed by atoms with Crippen molar-refractivity contribution >= 4 is 27.6 Å². The van der Waals surface area contributed by atoms with Gasteiger partial charge in [0.25, 0.3) is 15.9 Å². The Labute approximate surface area is 139 Å². The lowest BCUT2D eigenvalue weighted by Gasteiger charge is -2.12. The van der Waals surface area contributed by atoms with Crippen molar-refractivity contribution in [1.82, 2.24) is 4.90 Å². The van der Waals surface area contributed by atoms with Crippen molar-refractivity contribution in [3.8, 4) is 0 Å². The maximum Gasteiger partial charge on any atom is 0.335 e. The van der Waals surface area contributed by atoms with Gasteiger partial charge in [-0.15, -0.1) is 0 Å². The van der Waals surface area contributed by atoms with Gasteiger partial charge in [0.15, 0.2) is 0 Å². The highest BCUT2D eigenvalue weighted by Crippen LogP contribution is 2.19. The van der Waals surface area contributed by atoms with E-state index in [9.17, 15) is 18.0 Å². The number of benzene rings is 2. The number of carboxylic acids is 1. The molecule has 8 heteroatoms. The molecule has 0 saturated carbocycles. The molecule has 2 rings (SSSR count). The smallest absolute Gasteiger partial charge is 0.335 e. The Balaban J connectivity index is 2.33. The average molecular weight is 348 g/mol. The van der Waals surface area contributed by atoms with Crippen molar-refractivity contribution in [2.45, 2.75) is 4.90 Å². The summed E-state index contributed by atoms with van der Waals surface area (Å²) in [6.07, 6.45) is 0. The van der Waals surface area contributed by atoms with E-state index in [0.29, 0.717) is 5.56 Å². The SMILES string of the molecule is CN(C)C(=O)c1cccc(NS(=O)(=O)c2cccc(C(=O)O)c2)c1. The van der Waals surface area contributed by atoms with Crippen LogP contribution in [0.5, 0.6) is 0 Å². The maximum absolute atomic E-state index is 12.4. The lowest BCUT2D eigenvalue weighted by Crippen LogP contribution is -2.22. The van der Waals surface area contributed by atoms with Crippen molar-refractivity contribution in [3.63, 3.8) is 0 Å². The van der Waals surface area contributed by atoms with Gasteiger partial charge in [0, 0.05) is 25.3 Å². The van der Waals surface area contributed by atoms with Gasteiger partial charge in [-0.1, -0.05) is 12.1 Å². The Kier molecular flexibility index (Phi) is 4.89. The second-order valence-electron chi connectivity index (χ2n) is 5.22. The third kappa shape index (κ3) is 3.90. The molecule has 0 fully saturated rings. The Morgan fingerprint density at radius 2 is 1.62 bits per heavy atom. The van der Waals surface area contributed by atoms with Crippen LogP contribution in [0.2, 0.25) is 0 Å². The number of hydrogen-bond acceptors (Lipinski definition) is 4. The van der Waals surface area contributed by atoms with Gasteiger partial charge in [-0.05, 0) is 36.4 Å². The standard InChI is InChI=1S/C16H16N2O5S/c1-18(2)15(19)11-5-3-7-13(9-11)17-24(22,23)14-8-4-6-12(10-14)16(20)21/h3-10,17H,1-2H3,(H,20,21). The zero-order valence-corrected chi connectivity index (χ0v) is 13.9. The normalized spacial score (nSPS) is 10.9. The van der Waals surface area contributed by atoms with Crippen LogP contribution in [-0.2, 0) is 10.0 Å². The molecular weight excluding hydrogens is 332 g/mol. The summed E-state index contributed by atoms with van der Waals surface area (Å²) in [5.41, 5.74) is 0.414. The minimum atomic E-state index is -3.97. The fourth-order valence-corrected chi connectivity index (χ4v) is 3.08. The molecule has 0 bridgehead atoms. The molecule has 0 unspecified atom stereocenters. The molecule has 0 aliphatic rings. The van der Waals surface area contributed by atoms with Crippen molar-refractivity contribution in [3.05, 3.63) is 59.7 Å². The van der Waals surface area contributed by atoms with Crippen LogP contribution in [0.3, 0.4) is 0 Å². The summed E-state index contributed by atoms with van der Waals surface area (Å²) in [7, 11) is -0.783. The van der Waals surface area contributed by atoms with Crippen LogP contribution in [-0.4, -0.2) is 44.4 Å². The van der Waals surface area contributed by atoms with E-state index >= 15 is 0 Å². The number of rotatable bonds is 5. The zero-order chi connectivity index (χ0) is 17.9. The molecule has 0 aliphatic heterocycles.